The molecule has 1 aliphatic heterocycles. The molecule has 4 nitrogen and oxygen atoms in total. The van der Waals surface area contributed by atoms with Crippen LogP contribution in [0.4, 0.5) is 4.39 Å². The van der Waals surface area contributed by atoms with Gasteiger partial charge >= 0.3 is 0 Å². The Hall–Kier alpha value is -1.49. The van der Waals surface area contributed by atoms with Gasteiger partial charge in [0.15, 0.2) is 0 Å². The number of rotatable bonds is 4. The number of hydrogen-bond acceptors (Lipinski definition) is 3. The van der Waals surface area contributed by atoms with Crippen LogP contribution in [0.1, 0.15) is 36.5 Å². The molecule has 0 unspecified atom stereocenters. The summed E-state index contributed by atoms with van der Waals surface area (Å²) in [6.07, 6.45) is 4.38. The first-order valence-electron chi connectivity index (χ1n) is 6.84. The van der Waals surface area contributed by atoms with Gasteiger partial charge in [0.2, 0.25) is 5.95 Å². The second kappa shape index (κ2) is 6.61. The number of amides is 1. The number of aromatic nitrogens is 1. The highest BCUT2D eigenvalue weighted by molar-refractivity contribution is 5.94. The van der Waals surface area contributed by atoms with Gasteiger partial charge in [-0.3, -0.25) is 4.79 Å². The molecule has 0 aromatic carbocycles. The summed E-state index contributed by atoms with van der Waals surface area (Å²) in [7, 11) is 0. The highest BCUT2D eigenvalue weighted by Crippen LogP contribution is 2.11. The first-order valence-corrected chi connectivity index (χ1v) is 6.84. The number of carbonyl (C=O) groups is 1. The summed E-state index contributed by atoms with van der Waals surface area (Å²) in [6.45, 7) is 5.36. The first kappa shape index (κ1) is 13.9. The molecule has 1 saturated heterocycles. The second-order valence-corrected chi connectivity index (χ2v) is 4.96. The Morgan fingerprint density at radius 3 is 2.79 bits per heavy atom. The molecule has 0 radical (unpaired) electrons. The number of halogens is 1. The van der Waals surface area contributed by atoms with E-state index < -0.39 is 5.95 Å². The smallest absolute Gasteiger partial charge is 0.253 e. The Morgan fingerprint density at radius 2 is 2.21 bits per heavy atom. The zero-order valence-electron chi connectivity index (χ0n) is 11.2. The molecular formula is C14H20FN3O. The Morgan fingerprint density at radius 1 is 1.47 bits per heavy atom. The number of hydrogen-bond donors (Lipinski definition) is 1. The molecule has 0 spiro atoms. The molecule has 2 heterocycles. The Balaban J connectivity index is 1.82. The van der Waals surface area contributed by atoms with E-state index in [4.69, 9.17) is 0 Å². The standard InChI is InChI=1S/C14H20FN3O/c1-2-7-18-8-5-12(6-9-18)17-14(19)11-3-4-13(15)16-10-11/h3-4,10,12H,2,5-9H2,1H3,(H,17,19). The molecule has 0 aliphatic carbocycles. The summed E-state index contributed by atoms with van der Waals surface area (Å²) in [5, 5.41) is 2.99. The molecule has 0 atom stereocenters. The Kier molecular flexibility index (Phi) is 4.85. The third-order valence-electron chi connectivity index (χ3n) is 3.45. The number of likely N-dealkylation sites (tertiary alicyclic amines) is 1. The van der Waals surface area contributed by atoms with Crippen molar-refractivity contribution in [3.05, 3.63) is 29.8 Å². The van der Waals surface area contributed by atoms with Crippen LogP contribution in [0.5, 0.6) is 0 Å². The maximum Gasteiger partial charge on any atom is 0.253 e. The molecule has 1 aromatic heterocycles. The van der Waals surface area contributed by atoms with Crippen LogP contribution >= 0.6 is 0 Å². The van der Waals surface area contributed by atoms with E-state index in [1.54, 1.807) is 0 Å². The number of nitrogens with zero attached hydrogens (tertiary/aromatic N) is 2. The fraction of sp³-hybridized carbons (Fsp3) is 0.571. The van der Waals surface area contributed by atoms with Gasteiger partial charge in [0.05, 0.1) is 5.56 Å². The van der Waals surface area contributed by atoms with Crippen molar-refractivity contribution >= 4 is 5.91 Å². The van der Waals surface area contributed by atoms with Crippen molar-refractivity contribution in [1.82, 2.24) is 15.2 Å². The van der Waals surface area contributed by atoms with Crippen LogP contribution in [0.25, 0.3) is 0 Å². The maximum absolute atomic E-state index is 12.7. The van der Waals surface area contributed by atoms with Gasteiger partial charge in [-0.05, 0) is 37.9 Å². The molecule has 1 N–H and O–H groups in total. The molecule has 0 bridgehead atoms. The number of piperidine rings is 1. The van der Waals surface area contributed by atoms with E-state index in [-0.39, 0.29) is 11.9 Å². The largest absolute Gasteiger partial charge is 0.349 e. The summed E-state index contributed by atoms with van der Waals surface area (Å²) in [6, 6.07) is 2.88. The predicted molar refractivity (Wildman–Crippen MR) is 71.4 cm³/mol. The fourth-order valence-corrected chi connectivity index (χ4v) is 2.40. The summed E-state index contributed by atoms with van der Waals surface area (Å²) in [4.78, 5) is 17.9. The third-order valence-corrected chi connectivity index (χ3v) is 3.45. The van der Waals surface area contributed by atoms with E-state index in [0.717, 1.165) is 38.9 Å². The van der Waals surface area contributed by atoms with Gasteiger partial charge < -0.3 is 10.2 Å². The van der Waals surface area contributed by atoms with Crippen molar-refractivity contribution in [1.29, 1.82) is 0 Å². The number of carbonyl (C=O) groups excluding carboxylic acids is 1. The molecule has 2 rings (SSSR count). The fourth-order valence-electron chi connectivity index (χ4n) is 2.40. The normalized spacial score (nSPS) is 17.4. The molecule has 1 amide bonds. The molecule has 1 aromatic rings. The van der Waals surface area contributed by atoms with Gasteiger partial charge in [-0.25, -0.2) is 4.98 Å². The van der Waals surface area contributed by atoms with Gasteiger partial charge in [0, 0.05) is 25.3 Å². The number of nitrogens with one attached hydrogen (secondary N) is 1. The molecule has 1 aliphatic rings. The maximum atomic E-state index is 12.7. The van der Waals surface area contributed by atoms with Crippen LogP contribution in [0.3, 0.4) is 0 Å². The van der Waals surface area contributed by atoms with Gasteiger partial charge in [-0.1, -0.05) is 6.92 Å². The topological polar surface area (TPSA) is 45.2 Å². The van der Waals surface area contributed by atoms with Crippen molar-refractivity contribution in [3.8, 4) is 0 Å². The summed E-state index contributed by atoms with van der Waals surface area (Å²) in [5.41, 5.74) is 0.414. The average Bonchev–Trinajstić information content (AvgIpc) is 2.42. The lowest BCUT2D eigenvalue weighted by molar-refractivity contribution is 0.0910. The minimum atomic E-state index is -0.565. The van der Waals surface area contributed by atoms with E-state index in [9.17, 15) is 9.18 Å². The highest BCUT2D eigenvalue weighted by Gasteiger charge is 2.20. The minimum absolute atomic E-state index is 0.165. The van der Waals surface area contributed by atoms with Gasteiger partial charge in [-0.2, -0.15) is 4.39 Å². The van der Waals surface area contributed by atoms with Crippen molar-refractivity contribution in [3.63, 3.8) is 0 Å². The first-order chi connectivity index (χ1) is 9.19. The van der Waals surface area contributed by atoms with Crippen molar-refractivity contribution in [2.24, 2.45) is 0 Å². The zero-order valence-corrected chi connectivity index (χ0v) is 11.2. The van der Waals surface area contributed by atoms with E-state index in [1.165, 1.54) is 18.3 Å². The Bertz CT molecular complexity index is 413. The molecule has 0 saturated carbocycles. The summed E-state index contributed by atoms with van der Waals surface area (Å²) < 4.78 is 12.7. The molecule has 19 heavy (non-hydrogen) atoms. The van der Waals surface area contributed by atoms with E-state index in [0.29, 0.717) is 5.56 Å². The lowest BCUT2D eigenvalue weighted by Crippen LogP contribution is -2.44. The lowest BCUT2D eigenvalue weighted by Gasteiger charge is -2.32. The van der Waals surface area contributed by atoms with Crippen LogP contribution in [-0.4, -0.2) is 41.5 Å². The monoisotopic (exact) mass is 265 g/mol. The van der Waals surface area contributed by atoms with Crippen LogP contribution < -0.4 is 5.32 Å². The van der Waals surface area contributed by atoms with Gasteiger partial charge in [0.1, 0.15) is 0 Å². The molecule has 1 fully saturated rings. The van der Waals surface area contributed by atoms with E-state index >= 15 is 0 Å². The average molecular weight is 265 g/mol. The van der Waals surface area contributed by atoms with Crippen LogP contribution in [-0.2, 0) is 0 Å². The second-order valence-electron chi connectivity index (χ2n) is 4.96. The quantitative estimate of drug-likeness (QED) is 0.845. The van der Waals surface area contributed by atoms with E-state index in [2.05, 4.69) is 22.1 Å². The molecule has 5 heteroatoms. The summed E-state index contributed by atoms with van der Waals surface area (Å²) in [5.74, 6) is -0.731. The third kappa shape index (κ3) is 3.99. The molecule has 104 valence electrons. The highest BCUT2D eigenvalue weighted by atomic mass is 19.1. The predicted octanol–water partition coefficient (Wildman–Crippen LogP) is 1.82. The van der Waals surface area contributed by atoms with Crippen molar-refractivity contribution in [2.45, 2.75) is 32.2 Å². The lowest BCUT2D eigenvalue weighted by atomic mass is 10.0. The van der Waals surface area contributed by atoms with Crippen molar-refractivity contribution in [2.75, 3.05) is 19.6 Å². The summed E-state index contributed by atoms with van der Waals surface area (Å²) >= 11 is 0. The van der Waals surface area contributed by atoms with Crippen LogP contribution in [0.15, 0.2) is 18.3 Å². The number of pyridine rings is 1. The van der Waals surface area contributed by atoms with Gasteiger partial charge in [-0.15, -0.1) is 0 Å². The SMILES string of the molecule is CCCN1CCC(NC(=O)c2ccc(F)nc2)CC1. The Labute approximate surface area is 113 Å². The zero-order chi connectivity index (χ0) is 13.7. The molecular weight excluding hydrogens is 245 g/mol. The van der Waals surface area contributed by atoms with E-state index in [1.807, 2.05) is 0 Å². The van der Waals surface area contributed by atoms with Crippen LogP contribution in [0.2, 0.25) is 0 Å². The van der Waals surface area contributed by atoms with Crippen LogP contribution in [0, 0.1) is 5.95 Å². The minimum Gasteiger partial charge on any atom is -0.349 e. The van der Waals surface area contributed by atoms with Crippen molar-refractivity contribution < 1.29 is 9.18 Å². The van der Waals surface area contributed by atoms with Gasteiger partial charge in [0.25, 0.3) is 5.91 Å².